The van der Waals surface area contributed by atoms with Crippen LogP contribution in [0.3, 0.4) is 0 Å². The highest BCUT2D eigenvalue weighted by Gasteiger charge is 2.27. The molecule has 0 radical (unpaired) electrons. The molecule has 136 valence electrons. The van der Waals surface area contributed by atoms with Gasteiger partial charge in [-0.05, 0) is 35.9 Å². The maximum atomic E-state index is 12.3. The van der Waals surface area contributed by atoms with Gasteiger partial charge in [-0.25, -0.2) is 13.2 Å². The highest BCUT2D eigenvalue weighted by molar-refractivity contribution is 7.91. The van der Waals surface area contributed by atoms with Crippen molar-refractivity contribution in [2.75, 3.05) is 17.3 Å². The van der Waals surface area contributed by atoms with E-state index in [1.165, 1.54) is 35.2 Å². The Balaban J connectivity index is 2.01. The molecule has 1 aliphatic heterocycles. The minimum absolute atomic E-state index is 0.0543. The normalized spacial score (nSPS) is 13.9. The molecule has 1 aliphatic rings. The molecule has 1 amide bonds. The van der Waals surface area contributed by atoms with E-state index in [9.17, 15) is 18.0 Å². The summed E-state index contributed by atoms with van der Waals surface area (Å²) >= 11 is 0. The van der Waals surface area contributed by atoms with Gasteiger partial charge in [-0.15, -0.1) is 0 Å². The molecule has 3 rings (SSSR count). The van der Waals surface area contributed by atoms with Crippen molar-refractivity contribution >= 4 is 27.4 Å². The third-order valence-electron chi connectivity index (χ3n) is 4.13. The summed E-state index contributed by atoms with van der Waals surface area (Å²) in [5.41, 5.74) is 1.09. The number of fused-ring (bicyclic) bond motifs is 1. The summed E-state index contributed by atoms with van der Waals surface area (Å²) in [6.45, 7) is 1.50. The molecule has 0 unspecified atom stereocenters. The molecule has 0 spiro atoms. The van der Waals surface area contributed by atoms with Crippen LogP contribution in [0, 0.1) is 0 Å². The van der Waals surface area contributed by atoms with Crippen molar-refractivity contribution in [2.45, 2.75) is 18.4 Å². The van der Waals surface area contributed by atoms with E-state index < -0.39 is 15.8 Å². The SMILES string of the molecule is CCS(=O)(=O)c1ccc2c(c1)N(Cc1cccc(C(=O)O)c1)C(=O)CO2. The summed E-state index contributed by atoms with van der Waals surface area (Å²) < 4.78 is 29.7. The molecule has 7 nitrogen and oxygen atoms in total. The smallest absolute Gasteiger partial charge is 0.335 e. The molecule has 0 fully saturated rings. The van der Waals surface area contributed by atoms with E-state index in [0.717, 1.165) is 0 Å². The number of nitrogens with zero attached hydrogens (tertiary/aromatic N) is 1. The van der Waals surface area contributed by atoms with E-state index >= 15 is 0 Å². The fourth-order valence-electron chi connectivity index (χ4n) is 2.70. The van der Waals surface area contributed by atoms with Crippen molar-refractivity contribution in [1.82, 2.24) is 0 Å². The quantitative estimate of drug-likeness (QED) is 0.859. The maximum absolute atomic E-state index is 12.3. The fraction of sp³-hybridized carbons (Fsp3) is 0.222. The summed E-state index contributed by atoms with van der Waals surface area (Å²) in [6.07, 6.45) is 0. The van der Waals surface area contributed by atoms with Gasteiger partial charge >= 0.3 is 5.97 Å². The lowest BCUT2D eigenvalue weighted by Crippen LogP contribution is -2.38. The van der Waals surface area contributed by atoms with Gasteiger partial charge in [0.25, 0.3) is 5.91 Å². The van der Waals surface area contributed by atoms with Gasteiger partial charge in [0.1, 0.15) is 5.75 Å². The summed E-state index contributed by atoms with van der Waals surface area (Å²) in [4.78, 5) is 25.0. The highest BCUT2D eigenvalue weighted by Crippen LogP contribution is 2.35. The predicted octanol–water partition coefficient (Wildman–Crippen LogP) is 2.10. The fourth-order valence-corrected chi connectivity index (χ4v) is 3.60. The van der Waals surface area contributed by atoms with Crippen molar-refractivity contribution < 1.29 is 27.9 Å². The van der Waals surface area contributed by atoms with Crippen molar-refractivity contribution in [3.8, 4) is 5.75 Å². The van der Waals surface area contributed by atoms with Crippen LogP contribution in [0.2, 0.25) is 0 Å². The lowest BCUT2D eigenvalue weighted by molar-refractivity contribution is -0.121. The molecule has 2 aromatic rings. The van der Waals surface area contributed by atoms with E-state index in [0.29, 0.717) is 17.0 Å². The average Bonchev–Trinajstić information content (AvgIpc) is 2.64. The zero-order valence-electron chi connectivity index (χ0n) is 14.0. The van der Waals surface area contributed by atoms with Crippen LogP contribution in [-0.4, -0.2) is 37.8 Å². The number of ether oxygens (including phenoxy) is 1. The number of sulfone groups is 1. The minimum atomic E-state index is -3.43. The lowest BCUT2D eigenvalue weighted by Gasteiger charge is -2.30. The predicted molar refractivity (Wildman–Crippen MR) is 94.3 cm³/mol. The second kappa shape index (κ2) is 6.80. The summed E-state index contributed by atoms with van der Waals surface area (Å²) in [6, 6.07) is 10.7. The first kappa shape index (κ1) is 17.9. The summed E-state index contributed by atoms with van der Waals surface area (Å²) in [5.74, 6) is -1.03. The van der Waals surface area contributed by atoms with Gasteiger partial charge in [0.05, 0.1) is 28.4 Å². The number of anilines is 1. The second-order valence-electron chi connectivity index (χ2n) is 5.81. The van der Waals surface area contributed by atoms with Crippen molar-refractivity contribution in [3.05, 3.63) is 53.6 Å². The van der Waals surface area contributed by atoms with Crippen molar-refractivity contribution in [2.24, 2.45) is 0 Å². The molecule has 0 aromatic heterocycles. The van der Waals surface area contributed by atoms with Crippen molar-refractivity contribution in [3.63, 3.8) is 0 Å². The van der Waals surface area contributed by atoms with Crippen molar-refractivity contribution in [1.29, 1.82) is 0 Å². The monoisotopic (exact) mass is 375 g/mol. The zero-order chi connectivity index (χ0) is 18.9. The van der Waals surface area contributed by atoms with Crippen LogP contribution < -0.4 is 9.64 Å². The third kappa shape index (κ3) is 3.41. The number of hydrogen-bond acceptors (Lipinski definition) is 5. The standard InChI is InChI=1S/C18H17NO6S/c1-2-26(23,24)14-6-7-16-15(9-14)19(17(20)11-25-16)10-12-4-3-5-13(8-12)18(21)22/h3-9H,2,10-11H2,1H3,(H,21,22). The van der Waals surface area contributed by atoms with Gasteiger partial charge in [-0.2, -0.15) is 0 Å². The van der Waals surface area contributed by atoms with E-state index in [4.69, 9.17) is 9.84 Å². The molecule has 0 atom stereocenters. The van der Waals surface area contributed by atoms with E-state index in [1.807, 2.05) is 0 Å². The molecule has 0 aliphatic carbocycles. The molecule has 26 heavy (non-hydrogen) atoms. The molecule has 0 saturated heterocycles. The van der Waals surface area contributed by atoms with Gasteiger partial charge in [-0.1, -0.05) is 19.1 Å². The number of rotatable bonds is 5. The minimum Gasteiger partial charge on any atom is -0.482 e. The van der Waals surface area contributed by atoms with Gasteiger partial charge in [0.2, 0.25) is 0 Å². The van der Waals surface area contributed by atoms with Crippen LogP contribution in [0.15, 0.2) is 47.4 Å². The molecule has 1 N–H and O–H groups in total. The molecule has 2 aromatic carbocycles. The molecule has 8 heteroatoms. The largest absolute Gasteiger partial charge is 0.482 e. The van der Waals surface area contributed by atoms with Gasteiger partial charge in [0.15, 0.2) is 16.4 Å². The number of benzene rings is 2. The number of aromatic carboxylic acids is 1. The van der Waals surface area contributed by atoms with E-state index in [1.54, 1.807) is 19.1 Å². The topological polar surface area (TPSA) is 101 Å². The molecule has 0 saturated carbocycles. The third-order valence-corrected chi connectivity index (χ3v) is 5.86. The van der Waals surface area contributed by atoms with Gasteiger partial charge < -0.3 is 14.7 Å². The van der Waals surface area contributed by atoms with Crippen LogP contribution in [0.5, 0.6) is 5.75 Å². The Labute approximate surface area is 150 Å². The Kier molecular flexibility index (Phi) is 4.69. The Bertz CT molecular complexity index is 983. The molecular weight excluding hydrogens is 358 g/mol. The lowest BCUT2D eigenvalue weighted by atomic mass is 10.1. The highest BCUT2D eigenvalue weighted by atomic mass is 32.2. The number of amides is 1. The Morgan fingerprint density at radius 3 is 2.69 bits per heavy atom. The van der Waals surface area contributed by atoms with Crippen LogP contribution >= 0.6 is 0 Å². The Morgan fingerprint density at radius 2 is 2.00 bits per heavy atom. The first-order valence-electron chi connectivity index (χ1n) is 7.94. The molecular formula is C18H17NO6S. The first-order valence-corrected chi connectivity index (χ1v) is 9.59. The molecule has 1 heterocycles. The number of carbonyl (C=O) groups excluding carboxylic acids is 1. The second-order valence-corrected chi connectivity index (χ2v) is 8.09. The van der Waals surface area contributed by atoms with Crippen LogP contribution in [-0.2, 0) is 21.2 Å². The Hall–Kier alpha value is -2.87. The summed E-state index contributed by atoms with van der Waals surface area (Å²) in [7, 11) is -3.43. The number of carboxylic acid groups (broad SMARTS) is 1. The Morgan fingerprint density at radius 1 is 1.23 bits per heavy atom. The average molecular weight is 375 g/mol. The van der Waals surface area contributed by atoms with E-state index in [-0.39, 0.29) is 35.3 Å². The number of carbonyl (C=O) groups is 2. The first-order chi connectivity index (χ1) is 12.3. The zero-order valence-corrected chi connectivity index (χ0v) is 14.8. The number of carboxylic acids is 1. The van der Waals surface area contributed by atoms with Crippen LogP contribution in [0.1, 0.15) is 22.8 Å². The maximum Gasteiger partial charge on any atom is 0.335 e. The number of hydrogen-bond donors (Lipinski definition) is 1. The van der Waals surface area contributed by atoms with Crippen LogP contribution in [0.4, 0.5) is 5.69 Å². The van der Waals surface area contributed by atoms with Gasteiger partial charge in [0, 0.05) is 0 Å². The van der Waals surface area contributed by atoms with E-state index in [2.05, 4.69) is 0 Å². The molecule has 0 bridgehead atoms. The van der Waals surface area contributed by atoms with Gasteiger partial charge in [-0.3, -0.25) is 4.79 Å². The van der Waals surface area contributed by atoms with Crippen LogP contribution in [0.25, 0.3) is 0 Å². The summed E-state index contributed by atoms with van der Waals surface area (Å²) in [5, 5.41) is 9.11.